The van der Waals surface area contributed by atoms with Crippen molar-refractivity contribution in [2.75, 3.05) is 11.9 Å². The van der Waals surface area contributed by atoms with Gasteiger partial charge in [-0.15, -0.1) is 6.58 Å². The van der Waals surface area contributed by atoms with Crippen LogP contribution in [-0.2, 0) is 0 Å². The summed E-state index contributed by atoms with van der Waals surface area (Å²) in [4.78, 5) is 0. The van der Waals surface area contributed by atoms with Crippen LogP contribution in [0.4, 0.5) is 5.69 Å². The maximum Gasteiger partial charge on any atom is 0.0420 e. The van der Waals surface area contributed by atoms with Crippen LogP contribution in [0, 0.1) is 0 Å². The van der Waals surface area contributed by atoms with Gasteiger partial charge in [0.05, 0.1) is 0 Å². The minimum absolute atomic E-state index is 0.926. The van der Waals surface area contributed by atoms with Gasteiger partial charge >= 0.3 is 0 Å². The van der Waals surface area contributed by atoms with Crippen LogP contribution in [0.5, 0.6) is 0 Å². The summed E-state index contributed by atoms with van der Waals surface area (Å²) in [6.45, 7) is 4.65. The van der Waals surface area contributed by atoms with Gasteiger partial charge in [0.15, 0.2) is 0 Å². The molecular weight excluding hydrogens is 262 g/mol. The lowest BCUT2D eigenvalue weighted by atomic mass is 10.1. The van der Waals surface area contributed by atoms with Crippen molar-refractivity contribution in [1.82, 2.24) is 0 Å². The highest BCUT2D eigenvalue weighted by Gasteiger charge is 2.02. The zero-order chi connectivity index (χ0) is 11.4. The molecule has 0 aliphatic carbocycles. The molecule has 2 heteroatoms. The molecule has 0 unspecified atom stereocenters. The smallest absolute Gasteiger partial charge is 0.0420 e. The van der Waals surface area contributed by atoms with Crippen LogP contribution >= 0.6 is 15.9 Å². The molecule has 0 saturated heterocycles. The SMILES string of the molecule is C=CCCNc1ccc(Br)c2ccccc12. The van der Waals surface area contributed by atoms with E-state index in [9.17, 15) is 0 Å². The van der Waals surface area contributed by atoms with Gasteiger partial charge in [-0.3, -0.25) is 0 Å². The zero-order valence-electron chi connectivity index (χ0n) is 9.04. The molecule has 0 aliphatic heterocycles. The molecule has 2 aromatic rings. The second-order valence-corrected chi connectivity index (χ2v) is 4.50. The highest BCUT2D eigenvalue weighted by Crippen LogP contribution is 2.29. The summed E-state index contributed by atoms with van der Waals surface area (Å²) >= 11 is 3.57. The summed E-state index contributed by atoms with van der Waals surface area (Å²) in [7, 11) is 0. The van der Waals surface area contributed by atoms with E-state index in [2.05, 4.69) is 64.2 Å². The molecule has 82 valence electrons. The quantitative estimate of drug-likeness (QED) is 0.636. The lowest BCUT2D eigenvalue weighted by molar-refractivity contribution is 1.07. The molecule has 1 N–H and O–H groups in total. The Kier molecular flexibility index (Phi) is 3.62. The second kappa shape index (κ2) is 5.17. The Morgan fingerprint density at radius 3 is 2.62 bits per heavy atom. The van der Waals surface area contributed by atoms with Crippen molar-refractivity contribution in [3.63, 3.8) is 0 Å². The predicted octanol–water partition coefficient (Wildman–Crippen LogP) is 4.59. The van der Waals surface area contributed by atoms with Crippen LogP contribution in [0.15, 0.2) is 53.5 Å². The molecule has 0 aliphatic rings. The molecule has 0 bridgehead atoms. The van der Waals surface area contributed by atoms with Crippen molar-refractivity contribution < 1.29 is 0 Å². The van der Waals surface area contributed by atoms with Gasteiger partial charge in [0.1, 0.15) is 0 Å². The summed E-state index contributed by atoms with van der Waals surface area (Å²) < 4.78 is 1.14. The molecule has 0 amide bonds. The van der Waals surface area contributed by atoms with Crippen LogP contribution in [-0.4, -0.2) is 6.54 Å². The van der Waals surface area contributed by atoms with Gasteiger partial charge in [0.2, 0.25) is 0 Å². The number of halogens is 1. The number of hydrogen-bond acceptors (Lipinski definition) is 1. The fourth-order valence-electron chi connectivity index (χ4n) is 1.73. The molecule has 2 aromatic carbocycles. The Morgan fingerprint density at radius 1 is 1.12 bits per heavy atom. The lowest BCUT2D eigenvalue weighted by Gasteiger charge is -2.09. The van der Waals surface area contributed by atoms with Crippen molar-refractivity contribution in [1.29, 1.82) is 0 Å². The average molecular weight is 276 g/mol. The fourth-order valence-corrected chi connectivity index (χ4v) is 2.20. The summed E-state index contributed by atoms with van der Waals surface area (Å²) in [5.74, 6) is 0. The molecule has 0 spiro atoms. The first-order chi connectivity index (χ1) is 7.83. The van der Waals surface area contributed by atoms with Crippen molar-refractivity contribution in [2.24, 2.45) is 0 Å². The largest absolute Gasteiger partial charge is 0.384 e. The molecule has 16 heavy (non-hydrogen) atoms. The first-order valence-corrected chi connectivity index (χ1v) is 6.14. The summed E-state index contributed by atoms with van der Waals surface area (Å²) in [5.41, 5.74) is 1.18. The maximum atomic E-state index is 3.72. The van der Waals surface area contributed by atoms with Crippen LogP contribution in [0.1, 0.15) is 6.42 Å². The fraction of sp³-hybridized carbons (Fsp3) is 0.143. The molecule has 0 fully saturated rings. The van der Waals surface area contributed by atoms with Crippen LogP contribution < -0.4 is 5.32 Å². The third-order valence-corrected chi connectivity index (χ3v) is 3.23. The number of hydrogen-bond donors (Lipinski definition) is 1. The van der Waals surface area contributed by atoms with E-state index in [1.165, 1.54) is 16.5 Å². The van der Waals surface area contributed by atoms with Crippen LogP contribution in [0.3, 0.4) is 0 Å². The molecule has 2 rings (SSSR count). The number of fused-ring (bicyclic) bond motifs is 1. The Balaban J connectivity index is 2.38. The van der Waals surface area contributed by atoms with Crippen molar-refractivity contribution in [3.05, 3.63) is 53.5 Å². The van der Waals surface area contributed by atoms with Gasteiger partial charge in [-0.05, 0) is 23.9 Å². The van der Waals surface area contributed by atoms with Crippen molar-refractivity contribution >= 4 is 32.4 Å². The van der Waals surface area contributed by atoms with E-state index >= 15 is 0 Å². The van der Waals surface area contributed by atoms with Gasteiger partial charge in [-0.1, -0.05) is 46.3 Å². The molecule has 1 nitrogen and oxygen atoms in total. The minimum Gasteiger partial charge on any atom is -0.384 e. The van der Waals surface area contributed by atoms with Gasteiger partial charge in [-0.25, -0.2) is 0 Å². The first kappa shape index (κ1) is 11.2. The van der Waals surface area contributed by atoms with E-state index in [4.69, 9.17) is 0 Å². The molecule has 0 radical (unpaired) electrons. The van der Waals surface area contributed by atoms with E-state index in [0.717, 1.165) is 17.4 Å². The van der Waals surface area contributed by atoms with Crippen LogP contribution in [0.2, 0.25) is 0 Å². The van der Waals surface area contributed by atoms with Crippen molar-refractivity contribution in [3.8, 4) is 0 Å². The minimum atomic E-state index is 0.926. The number of rotatable bonds is 4. The summed E-state index contributed by atoms with van der Waals surface area (Å²) in [6.07, 6.45) is 2.90. The first-order valence-electron chi connectivity index (χ1n) is 5.35. The van der Waals surface area contributed by atoms with E-state index in [0.29, 0.717) is 0 Å². The topological polar surface area (TPSA) is 12.0 Å². The molecule has 0 aromatic heterocycles. The van der Waals surface area contributed by atoms with Gasteiger partial charge in [0, 0.05) is 22.1 Å². The van der Waals surface area contributed by atoms with Crippen LogP contribution in [0.25, 0.3) is 10.8 Å². The Labute approximate surface area is 104 Å². The number of anilines is 1. The van der Waals surface area contributed by atoms with Gasteiger partial charge < -0.3 is 5.32 Å². The molecule has 0 atom stereocenters. The molecule has 0 heterocycles. The second-order valence-electron chi connectivity index (χ2n) is 3.64. The van der Waals surface area contributed by atoms with E-state index < -0.39 is 0 Å². The zero-order valence-corrected chi connectivity index (χ0v) is 10.6. The third-order valence-electron chi connectivity index (χ3n) is 2.53. The summed E-state index contributed by atoms with van der Waals surface area (Å²) in [5, 5.41) is 5.92. The number of nitrogens with one attached hydrogen (secondary N) is 1. The molecule has 0 saturated carbocycles. The summed E-state index contributed by atoms with van der Waals surface area (Å²) in [6, 6.07) is 12.6. The normalized spacial score (nSPS) is 10.3. The number of benzene rings is 2. The lowest BCUT2D eigenvalue weighted by Crippen LogP contribution is -2.00. The highest BCUT2D eigenvalue weighted by atomic mass is 79.9. The Bertz CT molecular complexity index is 505. The monoisotopic (exact) mass is 275 g/mol. The van der Waals surface area contributed by atoms with Gasteiger partial charge in [-0.2, -0.15) is 0 Å². The highest BCUT2D eigenvalue weighted by molar-refractivity contribution is 9.10. The Morgan fingerprint density at radius 2 is 1.88 bits per heavy atom. The van der Waals surface area contributed by atoms with E-state index in [1.54, 1.807) is 0 Å². The maximum absolute atomic E-state index is 3.72. The Hall–Kier alpha value is -1.28. The standard InChI is InChI=1S/C14H14BrN/c1-2-3-10-16-14-9-8-13(15)11-6-4-5-7-12(11)14/h2,4-9,16H,1,3,10H2. The predicted molar refractivity (Wildman–Crippen MR) is 75.0 cm³/mol. The van der Waals surface area contributed by atoms with Crippen molar-refractivity contribution in [2.45, 2.75) is 6.42 Å². The van der Waals surface area contributed by atoms with Gasteiger partial charge in [0.25, 0.3) is 0 Å². The average Bonchev–Trinajstić information content (AvgIpc) is 2.33. The van der Waals surface area contributed by atoms with E-state index in [1.807, 2.05) is 6.08 Å². The molecular formula is C14H14BrN. The third kappa shape index (κ3) is 2.27. The van der Waals surface area contributed by atoms with E-state index in [-0.39, 0.29) is 0 Å².